The first kappa shape index (κ1) is 33.2. The van der Waals surface area contributed by atoms with Gasteiger partial charge >= 0.3 is 0 Å². The van der Waals surface area contributed by atoms with Crippen molar-refractivity contribution < 1.29 is 43.0 Å². The van der Waals surface area contributed by atoms with Crippen LogP contribution in [-0.2, 0) is 45.4 Å². The van der Waals surface area contributed by atoms with E-state index in [2.05, 4.69) is 0 Å². The fourth-order valence-electron chi connectivity index (χ4n) is 4.53. The fourth-order valence-corrected chi connectivity index (χ4v) is 4.53. The molecule has 4 rings (SSSR count). The van der Waals surface area contributed by atoms with Gasteiger partial charge in [0.25, 0.3) is 0 Å². The van der Waals surface area contributed by atoms with E-state index in [1.54, 1.807) is 61.5 Å². The SMILES string of the molecule is Cc1c(O)cccc1CO[C@H](COCc1ccccc1F)[C@@H](O)[C@H](O)[C@@H](COCc1ccccc1F)OCc1ccccc1. The summed E-state index contributed by atoms with van der Waals surface area (Å²) < 4.78 is 51.8. The van der Waals surface area contributed by atoms with Gasteiger partial charge in [-0.15, -0.1) is 0 Å². The second-order valence-corrected chi connectivity index (χ2v) is 10.4. The lowest BCUT2D eigenvalue weighted by atomic mass is 10.0. The molecule has 0 aliphatic carbocycles. The molecule has 0 saturated carbocycles. The van der Waals surface area contributed by atoms with Crippen LogP contribution in [0.1, 0.15) is 27.8 Å². The van der Waals surface area contributed by atoms with Crippen molar-refractivity contribution in [2.75, 3.05) is 13.2 Å². The molecule has 4 aromatic rings. The monoisotopic (exact) mass is 608 g/mol. The zero-order valence-electron chi connectivity index (χ0n) is 24.5. The van der Waals surface area contributed by atoms with Crippen LogP contribution in [0, 0.1) is 18.6 Å². The molecular weight excluding hydrogens is 570 g/mol. The molecule has 0 unspecified atom stereocenters. The number of aliphatic hydroxyl groups is 2. The second-order valence-electron chi connectivity index (χ2n) is 10.4. The zero-order valence-corrected chi connectivity index (χ0v) is 24.5. The third-order valence-corrected chi connectivity index (χ3v) is 7.28. The summed E-state index contributed by atoms with van der Waals surface area (Å²) in [5.74, 6) is -0.750. The fraction of sp³-hybridized carbons (Fsp3) is 0.314. The van der Waals surface area contributed by atoms with Crippen molar-refractivity contribution in [3.05, 3.63) is 137 Å². The van der Waals surface area contributed by atoms with E-state index < -0.39 is 36.1 Å². The van der Waals surface area contributed by atoms with Gasteiger partial charge < -0.3 is 34.3 Å². The Morgan fingerprint density at radius 3 is 1.59 bits per heavy atom. The first-order chi connectivity index (χ1) is 21.3. The van der Waals surface area contributed by atoms with Crippen molar-refractivity contribution in [3.63, 3.8) is 0 Å². The van der Waals surface area contributed by atoms with Crippen LogP contribution in [-0.4, -0.2) is 52.9 Å². The molecule has 3 N–H and O–H groups in total. The number of aliphatic hydroxyl groups excluding tert-OH is 2. The smallest absolute Gasteiger partial charge is 0.128 e. The minimum absolute atomic E-state index is 0.00292. The largest absolute Gasteiger partial charge is 0.508 e. The summed E-state index contributed by atoms with van der Waals surface area (Å²) in [4.78, 5) is 0. The van der Waals surface area contributed by atoms with E-state index in [0.717, 1.165) is 5.56 Å². The standard InChI is InChI=1S/C35H38F2O7/c1-24-26(14-9-17-31(24)38)21-44-33(23-42-20-28-13-6-8-16-30(28)37)35(40)34(39)32(43-18-25-10-3-2-4-11-25)22-41-19-27-12-5-7-15-29(27)36/h2-17,32-35,38-40H,18-23H2,1H3/t32-,33-,34-,35-/m1/s1. The highest BCUT2D eigenvalue weighted by atomic mass is 19.1. The summed E-state index contributed by atoms with van der Waals surface area (Å²) in [5.41, 5.74) is 2.80. The highest BCUT2D eigenvalue weighted by Crippen LogP contribution is 2.22. The van der Waals surface area contributed by atoms with Crippen LogP contribution in [0.2, 0.25) is 0 Å². The van der Waals surface area contributed by atoms with Crippen LogP contribution < -0.4 is 0 Å². The molecule has 0 saturated heterocycles. The molecule has 0 fully saturated rings. The first-order valence-corrected chi connectivity index (χ1v) is 14.4. The van der Waals surface area contributed by atoms with Crippen LogP contribution in [0.4, 0.5) is 8.78 Å². The summed E-state index contributed by atoms with van der Waals surface area (Å²) in [7, 11) is 0. The molecular formula is C35H38F2O7. The van der Waals surface area contributed by atoms with E-state index in [1.165, 1.54) is 12.1 Å². The van der Waals surface area contributed by atoms with Gasteiger partial charge in [-0.2, -0.15) is 0 Å². The Kier molecular flexibility index (Phi) is 12.8. The first-order valence-electron chi connectivity index (χ1n) is 14.4. The molecule has 0 radical (unpaired) electrons. The Balaban J connectivity index is 1.48. The third-order valence-electron chi connectivity index (χ3n) is 7.28. The summed E-state index contributed by atoms with van der Waals surface area (Å²) in [6.45, 7) is 1.36. The van der Waals surface area contributed by atoms with E-state index in [-0.39, 0.29) is 45.4 Å². The molecule has 0 aliphatic rings. The molecule has 0 amide bonds. The number of phenolic OH excluding ortho intramolecular Hbond substituents is 1. The summed E-state index contributed by atoms with van der Waals surface area (Å²) in [5, 5.41) is 32.9. The Morgan fingerprint density at radius 2 is 1.05 bits per heavy atom. The number of hydrogen-bond acceptors (Lipinski definition) is 7. The van der Waals surface area contributed by atoms with Gasteiger partial charge in [0, 0.05) is 11.1 Å². The normalized spacial score (nSPS) is 14.2. The summed E-state index contributed by atoms with van der Waals surface area (Å²) in [6, 6.07) is 26.7. The van der Waals surface area contributed by atoms with Gasteiger partial charge in [0.1, 0.15) is 41.8 Å². The molecule has 0 spiro atoms. The van der Waals surface area contributed by atoms with Crippen LogP contribution in [0.5, 0.6) is 5.75 Å². The van der Waals surface area contributed by atoms with E-state index in [4.69, 9.17) is 18.9 Å². The molecule has 0 aromatic heterocycles. The Morgan fingerprint density at radius 1 is 0.568 bits per heavy atom. The molecule has 9 heteroatoms. The van der Waals surface area contributed by atoms with Gasteiger partial charge in [-0.05, 0) is 41.8 Å². The van der Waals surface area contributed by atoms with E-state index >= 15 is 0 Å². The molecule has 0 aliphatic heterocycles. The number of ether oxygens (including phenoxy) is 4. The average Bonchev–Trinajstić information content (AvgIpc) is 3.04. The predicted molar refractivity (Wildman–Crippen MR) is 161 cm³/mol. The maximum Gasteiger partial charge on any atom is 0.128 e. The molecule has 234 valence electrons. The lowest BCUT2D eigenvalue weighted by Gasteiger charge is -2.32. The molecule has 44 heavy (non-hydrogen) atoms. The molecule has 0 heterocycles. The van der Waals surface area contributed by atoms with Crippen LogP contribution in [0.25, 0.3) is 0 Å². The Hall–Kier alpha value is -3.70. The number of benzene rings is 4. The number of rotatable bonds is 17. The van der Waals surface area contributed by atoms with Crippen molar-refractivity contribution in [1.82, 2.24) is 0 Å². The number of halogens is 2. The predicted octanol–water partition coefficient (Wildman–Crippen LogP) is 5.60. The molecule has 4 atom stereocenters. The van der Waals surface area contributed by atoms with E-state index in [9.17, 15) is 24.1 Å². The summed E-state index contributed by atoms with van der Waals surface area (Å²) in [6.07, 6.45) is -5.14. The van der Waals surface area contributed by atoms with Crippen LogP contribution in [0.3, 0.4) is 0 Å². The zero-order chi connectivity index (χ0) is 31.3. The van der Waals surface area contributed by atoms with Gasteiger partial charge in [-0.3, -0.25) is 0 Å². The lowest BCUT2D eigenvalue weighted by Crippen LogP contribution is -2.49. The van der Waals surface area contributed by atoms with E-state index in [0.29, 0.717) is 22.3 Å². The number of phenols is 1. The Labute approximate surface area is 256 Å². The van der Waals surface area contributed by atoms with Crippen molar-refractivity contribution in [2.24, 2.45) is 0 Å². The number of aromatic hydroxyl groups is 1. The second kappa shape index (κ2) is 17.0. The molecule has 0 bridgehead atoms. The Bertz CT molecular complexity index is 1440. The maximum absolute atomic E-state index is 14.2. The topological polar surface area (TPSA) is 97.6 Å². The van der Waals surface area contributed by atoms with Gasteiger partial charge in [-0.25, -0.2) is 8.78 Å². The average molecular weight is 609 g/mol. The molecule has 4 aromatic carbocycles. The highest BCUT2D eigenvalue weighted by Gasteiger charge is 2.34. The molecule has 7 nitrogen and oxygen atoms in total. The lowest BCUT2D eigenvalue weighted by molar-refractivity contribution is -0.170. The van der Waals surface area contributed by atoms with Crippen molar-refractivity contribution in [3.8, 4) is 5.75 Å². The maximum atomic E-state index is 14.2. The van der Waals surface area contributed by atoms with Crippen LogP contribution >= 0.6 is 0 Å². The minimum Gasteiger partial charge on any atom is -0.508 e. The van der Waals surface area contributed by atoms with Crippen LogP contribution in [0.15, 0.2) is 97.1 Å². The van der Waals surface area contributed by atoms with Crippen molar-refractivity contribution >= 4 is 0 Å². The van der Waals surface area contributed by atoms with Gasteiger partial charge in [0.15, 0.2) is 0 Å². The van der Waals surface area contributed by atoms with Crippen molar-refractivity contribution in [1.29, 1.82) is 0 Å². The minimum atomic E-state index is -1.52. The quantitative estimate of drug-likeness (QED) is 0.144. The van der Waals surface area contributed by atoms with Gasteiger partial charge in [-0.1, -0.05) is 78.9 Å². The summed E-state index contributed by atoms with van der Waals surface area (Å²) >= 11 is 0. The van der Waals surface area contributed by atoms with E-state index in [1.807, 2.05) is 30.3 Å². The number of hydrogen-bond donors (Lipinski definition) is 3. The van der Waals surface area contributed by atoms with Crippen molar-refractivity contribution in [2.45, 2.75) is 57.8 Å². The highest BCUT2D eigenvalue weighted by molar-refractivity contribution is 5.37. The van der Waals surface area contributed by atoms with Gasteiger partial charge in [0.05, 0.1) is 39.6 Å². The third kappa shape index (κ3) is 9.65. The van der Waals surface area contributed by atoms with Gasteiger partial charge in [0.2, 0.25) is 0 Å².